The number of benzene rings is 2. The van der Waals surface area contributed by atoms with Crippen molar-refractivity contribution >= 4 is 22.8 Å². The number of hydrogen-bond acceptors (Lipinski definition) is 4. The van der Waals surface area contributed by atoms with E-state index in [0.717, 1.165) is 10.9 Å². The number of aliphatic carboxylic acids is 1. The van der Waals surface area contributed by atoms with E-state index in [1.54, 1.807) is 12.1 Å². The number of carbonyl (C=O) groups is 2. The van der Waals surface area contributed by atoms with E-state index >= 15 is 0 Å². The van der Waals surface area contributed by atoms with Crippen LogP contribution in [-0.4, -0.2) is 57.9 Å². The van der Waals surface area contributed by atoms with Crippen LogP contribution in [0.4, 0.5) is 0 Å². The van der Waals surface area contributed by atoms with E-state index in [4.69, 9.17) is 4.74 Å². The molecule has 0 aliphatic carbocycles. The van der Waals surface area contributed by atoms with Gasteiger partial charge in [0, 0.05) is 42.3 Å². The maximum absolute atomic E-state index is 12.2. The third-order valence-electron chi connectivity index (χ3n) is 5.30. The Balaban J connectivity index is 1.84. The Hall–Kier alpha value is -3.16. The Morgan fingerprint density at radius 3 is 2.41 bits per heavy atom. The lowest BCUT2D eigenvalue weighted by Gasteiger charge is -2.31. The van der Waals surface area contributed by atoms with Crippen molar-refractivity contribution in [3.05, 3.63) is 71.4 Å². The van der Waals surface area contributed by atoms with Gasteiger partial charge in [0.05, 0.1) is 18.8 Å². The molecule has 0 saturated carbocycles. The van der Waals surface area contributed by atoms with Gasteiger partial charge in [0.2, 0.25) is 0 Å². The average molecular weight is 394 g/mol. The molecule has 1 aliphatic heterocycles. The van der Waals surface area contributed by atoms with Crippen molar-refractivity contribution in [3.8, 4) is 0 Å². The Morgan fingerprint density at radius 1 is 1.03 bits per heavy atom. The number of carboxylic acid groups (broad SMARTS) is 2. The van der Waals surface area contributed by atoms with Crippen molar-refractivity contribution in [2.24, 2.45) is 0 Å². The maximum atomic E-state index is 12.2. The quantitative estimate of drug-likeness (QED) is 0.668. The molecule has 1 fully saturated rings. The molecule has 0 bridgehead atoms. The summed E-state index contributed by atoms with van der Waals surface area (Å²) in [7, 11) is 0. The second-order valence-electron chi connectivity index (χ2n) is 7.12. The van der Waals surface area contributed by atoms with Gasteiger partial charge in [0.15, 0.2) is 0 Å². The third kappa shape index (κ3) is 3.87. The van der Waals surface area contributed by atoms with E-state index in [1.807, 2.05) is 46.0 Å². The second kappa shape index (κ2) is 8.06. The number of aromatic nitrogens is 1. The Morgan fingerprint density at radius 2 is 1.76 bits per heavy atom. The van der Waals surface area contributed by atoms with Gasteiger partial charge in [0.25, 0.3) is 0 Å². The number of rotatable bonds is 6. The van der Waals surface area contributed by atoms with Crippen LogP contribution >= 0.6 is 0 Å². The third-order valence-corrected chi connectivity index (χ3v) is 5.30. The van der Waals surface area contributed by atoms with Gasteiger partial charge in [-0.25, -0.2) is 4.79 Å². The summed E-state index contributed by atoms with van der Waals surface area (Å²) in [5.41, 5.74) is 2.61. The fourth-order valence-electron chi connectivity index (χ4n) is 3.90. The van der Waals surface area contributed by atoms with Crippen LogP contribution in [0.3, 0.4) is 0 Å². The van der Waals surface area contributed by atoms with Crippen molar-refractivity contribution in [2.75, 3.05) is 26.3 Å². The minimum atomic E-state index is -1.01. The van der Waals surface area contributed by atoms with Gasteiger partial charge < -0.3 is 19.5 Å². The minimum Gasteiger partial charge on any atom is -0.480 e. The number of carboxylic acids is 2. The lowest BCUT2D eigenvalue weighted by molar-refractivity contribution is -0.145. The first-order chi connectivity index (χ1) is 14.0. The van der Waals surface area contributed by atoms with E-state index in [1.165, 1.54) is 6.07 Å². The van der Waals surface area contributed by atoms with Gasteiger partial charge in [-0.1, -0.05) is 36.4 Å². The summed E-state index contributed by atoms with van der Waals surface area (Å²) < 4.78 is 7.31. The Kier molecular flexibility index (Phi) is 5.33. The molecule has 0 spiro atoms. The molecule has 1 saturated heterocycles. The highest BCUT2D eigenvalue weighted by Gasteiger charge is 2.31. The molecule has 0 amide bonds. The average Bonchev–Trinajstić information content (AvgIpc) is 3.07. The molecule has 3 aromatic rings. The summed E-state index contributed by atoms with van der Waals surface area (Å²) in [6, 6.07) is 13.8. The van der Waals surface area contributed by atoms with Crippen LogP contribution in [0, 0.1) is 0 Å². The molecule has 7 nitrogen and oxygen atoms in total. The van der Waals surface area contributed by atoms with Crippen molar-refractivity contribution < 1.29 is 24.5 Å². The molecule has 0 radical (unpaired) electrons. The van der Waals surface area contributed by atoms with Gasteiger partial charge in [-0.15, -0.1) is 0 Å². The largest absolute Gasteiger partial charge is 0.480 e. The summed E-state index contributed by atoms with van der Waals surface area (Å²) in [4.78, 5) is 25.6. The fourth-order valence-corrected chi connectivity index (χ4v) is 3.90. The van der Waals surface area contributed by atoms with Crippen LogP contribution in [0.2, 0.25) is 0 Å². The SMILES string of the molecule is O=C(O)c1ccc2c([C@@H](C(=O)O)N3CCOCC3)cn(Cc3ccccc3)c2c1. The van der Waals surface area contributed by atoms with Crippen molar-refractivity contribution in [2.45, 2.75) is 12.6 Å². The van der Waals surface area contributed by atoms with Crippen LogP contribution < -0.4 is 0 Å². The van der Waals surface area contributed by atoms with E-state index in [9.17, 15) is 19.8 Å². The van der Waals surface area contributed by atoms with Crippen molar-refractivity contribution in [1.29, 1.82) is 0 Å². The first-order valence-electron chi connectivity index (χ1n) is 9.49. The number of ether oxygens (including phenoxy) is 1. The van der Waals surface area contributed by atoms with Crippen LogP contribution in [0.5, 0.6) is 0 Å². The Bertz CT molecular complexity index is 1040. The zero-order valence-corrected chi connectivity index (χ0v) is 15.8. The Labute approximate surface area is 167 Å². The molecule has 2 aromatic carbocycles. The van der Waals surface area contributed by atoms with Crippen molar-refractivity contribution in [3.63, 3.8) is 0 Å². The topological polar surface area (TPSA) is 92.0 Å². The molecule has 1 atom stereocenters. The molecule has 4 rings (SSSR count). The number of morpholine rings is 1. The summed E-state index contributed by atoms with van der Waals surface area (Å²) in [6.07, 6.45) is 1.84. The number of fused-ring (bicyclic) bond motifs is 1. The van der Waals surface area contributed by atoms with E-state index in [0.29, 0.717) is 43.9 Å². The van der Waals surface area contributed by atoms with E-state index < -0.39 is 18.0 Å². The fraction of sp³-hybridized carbons (Fsp3) is 0.273. The van der Waals surface area contributed by atoms with Gasteiger partial charge in [-0.3, -0.25) is 9.69 Å². The highest BCUT2D eigenvalue weighted by Crippen LogP contribution is 2.32. The number of hydrogen-bond donors (Lipinski definition) is 2. The monoisotopic (exact) mass is 394 g/mol. The highest BCUT2D eigenvalue weighted by atomic mass is 16.5. The van der Waals surface area contributed by atoms with Gasteiger partial charge in [-0.05, 0) is 17.7 Å². The van der Waals surface area contributed by atoms with Crippen molar-refractivity contribution in [1.82, 2.24) is 9.47 Å². The number of nitrogens with zero attached hydrogens (tertiary/aromatic N) is 2. The van der Waals surface area contributed by atoms with Crippen LogP contribution in [0.15, 0.2) is 54.7 Å². The van der Waals surface area contributed by atoms with Crippen LogP contribution in [0.1, 0.15) is 27.5 Å². The van der Waals surface area contributed by atoms with E-state index in [2.05, 4.69) is 0 Å². The lowest BCUT2D eigenvalue weighted by Crippen LogP contribution is -2.42. The predicted octanol–water partition coefficient (Wildman–Crippen LogP) is 2.85. The molecular weight excluding hydrogens is 372 g/mol. The predicted molar refractivity (Wildman–Crippen MR) is 107 cm³/mol. The molecule has 2 heterocycles. The molecule has 0 unspecified atom stereocenters. The second-order valence-corrected chi connectivity index (χ2v) is 7.12. The summed E-state index contributed by atoms with van der Waals surface area (Å²) in [5.74, 6) is -1.93. The molecule has 150 valence electrons. The molecule has 29 heavy (non-hydrogen) atoms. The molecule has 1 aliphatic rings. The van der Waals surface area contributed by atoms with Gasteiger partial charge >= 0.3 is 11.9 Å². The molecule has 7 heteroatoms. The molecule has 2 N–H and O–H groups in total. The smallest absolute Gasteiger partial charge is 0.335 e. The minimum absolute atomic E-state index is 0.176. The summed E-state index contributed by atoms with van der Waals surface area (Å²) in [5, 5.41) is 20.2. The first kappa shape index (κ1) is 19.2. The zero-order valence-electron chi connectivity index (χ0n) is 15.8. The molecule has 1 aromatic heterocycles. The molecular formula is C22H22N2O5. The van der Waals surface area contributed by atoms with Crippen LogP contribution in [0.25, 0.3) is 10.9 Å². The number of aromatic carboxylic acids is 1. The van der Waals surface area contributed by atoms with Gasteiger partial charge in [0.1, 0.15) is 6.04 Å². The first-order valence-corrected chi connectivity index (χ1v) is 9.49. The normalized spacial score (nSPS) is 16.0. The van der Waals surface area contributed by atoms with E-state index in [-0.39, 0.29) is 5.56 Å². The highest BCUT2D eigenvalue weighted by molar-refractivity contribution is 5.96. The lowest BCUT2D eigenvalue weighted by atomic mass is 10.0. The van der Waals surface area contributed by atoms with Crippen LogP contribution in [-0.2, 0) is 16.1 Å². The summed E-state index contributed by atoms with van der Waals surface area (Å²) in [6.45, 7) is 2.59. The maximum Gasteiger partial charge on any atom is 0.335 e. The standard InChI is InChI=1S/C22H22N2O5/c25-21(26)16-6-7-17-18(20(22(27)28)23-8-10-29-11-9-23)14-24(19(17)12-16)13-15-4-2-1-3-5-15/h1-7,12,14,20H,8-11,13H2,(H,25,26)(H,27,28)/t20-/m0/s1. The zero-order chi connectivity index (χ0) is 20.4. The summed E-state index contributed by atoms with van der Waals surface area (Å²) >= 11 is 0. The van der Waals surface area contributed by atoms with Gasteiger partial charge in [-0.2, -0.15) is 0 Å².